The standard InChI is InChI=1S/C32H15F5N4O/c1-16-6-4-7-17(10-16)26-24(31(40-2)41-3)13-23-28(26)29(33)22-12-21(19(14-38)15-39)25(27(22)30(23)34)18-8-5-9-20(11-18)42-32(35,36)37/h4-11H,12-13H2,1H3. The number of alkyl halides is 3. The van der Waals surface area contributed by atoms with Gasteiger partial charge in [0.2, 0.25) is 0 Å². The Balaban J connectivity index is 1.95. The quantitative estimate of drug-likeness (QED) is 0.220. The van der Waals surface area contributed by atoms with Crippen LogP contribution >= 0.6 is 0 Å². The van der Waals surface area contributed by atoms with Crippen molar-refractivity contribution in [2.45, 2.75) is 26.1 Å². The van der Waals surface area contributed by atoms with E-state index in [1.807, 2.05) is 0 Å². The van der Waals surface area contributed by atoms with Gasteiger partial charge in [-0.2, -0.15) is 20.2 Å². The second kappa shape index (κ2) is 10.4. The van der Waals surface area contributed by atoms with Gasteiger partial charge in [0.05, 0.1) is 5.57 Å². The summed E-state index contributed by atoms with van der Waals surface area (Å²) in [4.78, 5) is 6.57. The highest BCUT2D eigenvalue weighted by atomic mass is 19.4. The molecule has 0 atom stereocenters. The van der Waals surface area contributed by atoms with Crippen molar-refractivity contribution >= 4 is 11.1 Å². The van der Waals surface area contributed by atoms with Crippen molar-refractivity contribution in [3.05, 3.63) is 144 Å². The van der Waals surface area contributed by atoms with Crippen LogP contribution < -0.4 is 15.2 Å². The van der Waals surface area contributed by atoms with Crippen LogP contribution in [0, 0.1) is 54.4 Å². The van der Waals surface area contributed by atoms with Gasteiger partial charge in [-0.3, -0.25) is 0 Å². The van der Waals surface area contributed by atoms with Gasteiger partial charge in [-0.15, -0.1) is 13.2 Å². The molecule has 2 aliphatic rings. The van der Waals surface area contributed by atoms with Crippen LogP contribution in [0.15, 0.2) is 71.1 Å². The molecule has 0 unspecified atom stereocenters. The van der Waals surface area contributed by atoms with Crippen LogP contribution in [0.4, 0.5) is 22.0 Å². The molecule has 0 aromatic heterocycles. The van der Waals surface area contributed by atoms with E-state index in [1.54, 1.807) is 43.3 Å². The first-order valence-corrected chi connectivity index (χ1v) is 12.3. The summed E-state index contributed by atoms with van der Waals surface area (Å²) in [5.41, 5.74) is 0.648. The normalized spacial score (nSPS) is 13.5. The van der Waals surface area contributed by atoms with Crippen LogP contribution in [0.3, 0.4) is 0 Å². The lowest BCUT2D eigenvalue weighted by Gasteiger charge is -2.12. The van der Waals surface area contributed by atoms with Crippen molar-refractivity contribution in [3.8, 4) is 17.9 Å². The summed E-state index contributed by atoms with van der Waals surface area (Å²) in [6.07, 6.45) is -5.70. The zero-order chi connectivity index (χ0) is 30.3. The number of fused-ring (bicyclic) bond motifs is 2. The lowest BCUT2D eigenvalue weighted by atomic mass is 9.95. The summed E-state index contributed by atoms with van der Waals surface area (Å²) >= 11 is 0. The van der Waals surface area contributed by atoms with Crippen LogP contribution in [0.1, 0.15) is 27.8 Å². The van der Waals surface area contributed by atoms with Gasteiger partial charge in [0.1, 0.15) is 48.2 Å². The summed E-state index contributed by atoms with van der Waals surface area (Å²) in [6, 6.07) is 14.9. The number of hydrogen-bond acceptors (Lipinski definition) is 3. The summed E-state index contributed by atoms with van der Waals surface area (Å²) in [7, 11) is 0. The molecule has 0 heterocycles. The molecule has 3 aromatic carbocycles. The van der Waals surface area contributed by atoms with E-state index in [0.717, 1.165) is 17.7 Å². The summed E-state index contributed by atoms with van der Waals surface area (Å²) < 4.78 is 76.1. The molecule has 2 aliphatic carbocycles. The van der Waals surface area contributed by atoms with Gasteiger partial charge in [0, 0.05) is 34.4 Å². The minimum atomic E-state index is -5.02. The Labute approximate surface area is 236 Å². The van der Waals surface area contributed by atoms with Crippen molar-refractivity contribution in [1.82, 2.24) is 0 Å². The van der Waals surface area contributed by atoms with Gasteiger partial charge in [0.25, 0.3) is 0 Å². The Morgan fingerprint density at radius 2 is 1.36 bits per heavy atom. The Kier molecular flexibility index (Phi) is 6.87. The van der Waals surface area contributed by atoms with Crippen LogP contribution in [0.2, 0.25) is 0 Å². The number of nitriles is 2. The number of rotatable bonds is 3. The first-order valence-electron chi connectivity index (χ1n) is 12.3. The minimum absolute atomic E-state index is 0.0218. The van der Waals surface area contributed by atoms with Gasteiger partial charge in [0.15, 0.2) is 0 Å². The average molecular weight is 566 g/mol. The number of nitrogens with zero attached hydrogens (tertiary/aromatic N) is 4. The molecule has 0 amide bonds. The van der Waals surface area contributed by atoms with E-state index in [4.69, 9.17) is 13.1 Å². The highest BCUT2D eigenvalue weighted by Gasteiger charge is 2.37. The number of allylic oxidation sites excluding steroid dienone is 3. The lowest BCUT2D eigenvalue weighted by molar-refractivity contribution is -0.274. The molecule has 3 aromatic rings. The van der Waals surface area contributed by atoms with Gasteiger partial charge < -0.3 is 4.74 Å². The Bertz CT molecular complexity index is 2050. The van der Waals surface area contributed by atoms with Gasteiger partial charge in [-0.05, 0) is 46.9 Å². The maximum Gasteiger partial charge on any atom is 0.573 e. The van der Waals surface area contributed by atoms with E-state index in [2.05, 4.69) is 14.4 Å². The monoisotopic (exact) mass is 566 g/mol. The highest BCUT2D eigenvalue weighted by molar-refractivity contribution is 5.89. The topological polar surface area (TPSA) is 65.5 Å². The van der Waals surface area contributed by atoms with Crippen LogP contribution in [-0.2, 0) is 12.8 Å². The number of aryl methyl sites for hydroxylation is 1. The fourth-order valence-corrected chi connectivity index (χ4v) is 5.48. The molecule has 0 fully saturated rings. The number of hydrogen-bond donors (Lipinski definition) is 0. The van der Waals surface area contributed by atoms with Crippen molar-refractivity contribution < 1.29 is 26.7 Å². The molecule has 0 radical (unpaired) electrons. The van der Waals surface area contributed by atoms with Crippen LogP contribution in [0.25, 0.3) is 20.8 Å². The Hall–Kier alpha value is -5.71. The Morgan fingerprint density at radius 3 is 1.88 bits per heavy atom. The number of halogens is 5. The summed E-state index contributed by atoms with van der Waals surface area (Å²) in [6.45, 7) is 16.8. The van der Waals surface area contributed by atoms with E-state index in [0.29, 0.717) is 5.56 Å². The second-order valence-corrected chi connectivity index (χ2v) is 9.49. The van der Waals surface area contributed by atoms with E-state index in [9.17, 15) is 23.7 Å². The van der Waals surface area contributed by atoms with E-state index < -0.39 is 29.3 Å². The zero-order valence-corrected chi connectivity index (χ0v) is 21.6. The molecule has 204 valence electrons. The second-order valence-electron chi connectivity index (χ2n) is 9.49. The minimum Gasteiger partial charge on any atom is -0.406 e. The summed E-state index contributed by atoms with van der Waals surface area (Å²) in [5.74, 6) is -2.76. The van der Waals surface area contributed by atoms with Crippen molar-refractivity contribution in [1.29, 1.82) is 10.5 Å². The molecule has 0 saturated heterocycles. The first kappa shape index (κ1) is 27.8. The molecule has 0 spiro atoms. The van der Waals surface area contributed by atoms with E-state index >= 15 is 8.78 Å². The number of benzene rings is 3. The molecule has 10 heteroatoms. The lowest BCUT2D eigenvalue weighted by Crippen LogP contribution is -2.27. The predicted octanol–water partition coefficient (Wildman–Crippen LogP) is 6.08. The highest BCUT2D eigenvalue weighted by Crippen LogP contribution is 2.38. The fraction of sp³-hybridized carbons (Fsp3) is 0.125. The Morgan fingerprint density at radius 1 is 0.833 bits per heavy atom. The third-order valence-electron chi connectivity index (χ3n) is 7.05. The molecule has 0 aliphatic heterocycles. The van der Waals surface area contributed by atoms with Gasteiger partial charge in [-0.25, -0.2) is 8.78 Å². The zero-order valence-electron chi connectivity index (χ0n) is 21.6. The molecular formula is C32H15F5N4O. The third kappa shape index (κ3) is 4.56. The largest absolute Gasteiger partial charge is 0.573 e. The van der Waals surface area contributed by atoms with Gasteiger partial charge >= 0.3 is 12.2 Å². The molecule has 0 N–H and O–H groups in total. The average Bonchev–Trinajstić information content (AvgIpc) is 3.53. The predicted molar refractivity (Wildman–Crippen MR) is 141 cm³/mol. The molecule has 5 nitrogen and oxygen atoms in total. The smallest absolute Gasteiger partial charge is 0.406 e. The molecule has 5 rings (SSSR count). The third-order valence-corrected chi connectivity index (χ3v) is 7.05. The first-order chi connectivity index (χ1) is 20.0. The molecule has 42 heavy (non-hydrogen) atoms. The van der Waals surface area contributed by atoms with Crippen molar-refractivity contribution in [2.75, 3.05) is 0 Å². The van der Waals surface area contributed by atoms with Crippen LogP contribution in [0.5, 0.6) is 5.75 Å². The summed E-state index contributed by atoms with van der Waals surface area (Å²) in [5, 5.41) is 18.8. The maximum atomic E-state index is 16.6. The van der Waals surface area contributed by atoms with Crippen LogP contribution in [-0.4, -0.2) is 6.36 Å². The van der Waals surface area contributed by atoms with Crippen molar-refractivity contribution in [2.24, 2.45) is 0 Å². The molecular weight excluding hydrogens is 551 g/mol. The number of ether oxygens (including phenoxy) is 1. The molecule has 0 bridgehead atoms. The maximum absolute atomic E-state index is 16.6. The van der Waals surface area contributed by atoms with E-state index in [-0.39, 0.29) is 68.1 Å². The van der Waals surface area contributed by atoms with E-state index in [1.165, 1.54) is 12.1 Å². The molecule has 0 saturated carbocycles. The fourth-order valence-electron chi connectivity index (χ4n) is 5.48. The SMILES string of the molecule is [C-]#[N+]C([N+]#[C-])=C1Cc2c(F)c3c(c(F)c2=C1c1cccc(C)c1)CC(=C(C#N)C#N)C=3c1cccc(OC(F)(F)F)c1. The van der Waals surface area contributed by atoms with Crippen molar-refractivity contribution in [3.63, 3.8) is 0 Å². The van der Waals surface area contributed by atoms with Gasteiger partial charge in [-0.1, -0.05) is 42.0 Å².